The molecule has 0 saturated heterocycles. The highest BCUT2D eigenvalue weighted by molar-refractivity contribution is 7.86. The van der Waals surface area contributed by atoms with Crippen LogP contribution in [0.2, 0.25) is 0 Å². The maximum Gasteiger partial charge on any atom is 0.296 e. The monoisotopic (exact) mass is 320 g/mol. The predicted octanol–water partition coefficient (Wildman–Crippen LogP) is 2.96. The van der Waals surface area contributed by atoms with E-state index in [2.05, 4.69) is 25.3 Å². The van der Waals surface area contributed by atoms with Gasteiger partial charge in [-0.05, 0) is 37.0 Å². The maximum absolute atomic E-state index is 12.1. The molecular weight excluding hydrogens is 300 g/mol. The average Bonchev–Trinajstić information content (AvgIpc) is 2.41. The van der Waals surface area contributed by atoms with E-state index in [0.717, 1.165) is 12.0 Å². The van der Waals surface area contributed by atoms with Crippen molar-refractivity contribution in [2.45, 2.75) is 25.2 Å². The fraction of sp³-hybridized carbons (Fsp3) is 0.538. The van der Waals surface area contributed by atoms with Crippen LogP contribution in [0, 0.1) is 12.3 Å². The second-order valence-electron chi connectivity index (χ2n) is 4.70. The van der Waals surface area contributed by atoms with Gasteiger partial charge in [-0.2, -0.15) is 33.7 Å². The van der Waals surface area contributed by atoms with Gasteiger partial charge in [0.05, 0.1) is 11.5 Å². The molecule has 1 aromatic rings. The molecule has 0 amide bonds. The zero-order valence-corrected chi connectivity index (χ0v) is 13.8. The van der Waals surface area contributed by atoms with Crippen LogP contribution >= 0.6 is 25.3 Å². The Kier molecular flexibility index (Phi) is 6.23. The van der Waals surface area contributed by atoms with Gasteiger partial charge in [-0.1, -0.05) is 24.6 Å². The van der Waals surface area contributed by atoms with Crippen LogP contribution in [0.4, 0.5) is 0 Å². The minimum absolute atomic E-state index is 0.104. The third-order valence-electron chi connectivity index (χ3n) is 3.25. The lowest BCUT2D eigenvalue weighted by molar-refractivity contribution is 0.190. The van der Waals surface area contributed by atoms with Gasteiger partial charge in [0.2, 0.25) is 0 Å². The zero-order valence-electron chi connectivity index (χ0n) is 11.2. The second-order valence-corrected chi connectivity index (χ2v) is 6.95. The molecule has 0 aliphatic rings. The summed E-state index contributed by atoms with van der Waals surface area (Å²) in [6.45, 7) is 3.99. The molecule has 0 radical (unpaired) electrons. The predicted molar refractivity (Wildman–Crippen MR) is 84.7 cm³/mol. The van der Waals surface area contributed by atoms with Crippen molar-refractivity contribution in [1.29, 1.82) is 0 Å². The zero-order chi connectivity index (χ0) is 14.5. The van der Waals surface area contributed by atoms with Crippen LogP contribution in [0.3, 0.4) is 0 Å². The summed E-state index contributed by atoms with van der Waals surface area (Å²) in [5, 5.41) is 0. The van der Waals surface area contributed by atoms with E-state index in [1.165, 1.54) is 0 Å². The number of hydrogen-bond acceptors (Lipinski definition) is 5. The quantitative estimate of drug-likeness (QED) is 0.600. The fourth-order valence-corrected chi connectivity index (χ4v) is 3.48. The topological polar surface area (TPSA) is 43.4 Å². The maximum atomic E-state index is 12.1. The first-order valence-electron chi connectivity index (χ1n) is 6.07. The smallest absolute Gasteiger partial charge is 0.266 e. The lowest BCUT2D eigenvalue weighted by Gasteiger charge is -2.28. The van der Waals surface area contributed by atoms with Crippen LogP contribution in [-0.2, 0) is 14.3 Å². The number of thiol groups is 2. The van der Waals surface area contributed by atoms with E-state index in [9.17, 15) is 8.42 Å². The Bertz CT molecular complexity index is 482. The molecule has 0 fully saturated rings. The number of aryl methyl sites for hydroxylation is 1. The Morgan fingerprint density at radius 1 is 1.16 bits per heavy atom. The first-order chi connectivity index (χ1) is 8.89. The van der Waals surface area contributed by atoms with Gasteiger partial charge in [-0.25, -0.2) is 0 Å². The van der Waals surface area contributed by atoms with Crippen molar-refractivity contribution >= 4 is 35.4 Å². The van der Waals surface area contributed by atoms with Crippen molar-refractivity contribution in [2.24, 2.45) is 5.41 Å². The first-order valence-corrected chi connectivity index (χ1v) is 8.74. The summed E-state index contributed by atoms with van der Waals surface area (Å²) in [6, 6.07) is 6.61. The molecule has 0 aliphatic carbocycles. The van der Waals surface area contributed by atoms with Crippen LogP contribution in [0.1, 0.15) is 18.9 Å². The molecule has 0 unspecified atom stereocenters. The van der Waals surface area contributed by atoms with Gasteiger partial charge in [0.25, 0.3) is 10.1 Å². The molecule has 6 heteroatoms. The highest BCUT2D eigenvalue weighted by Crippen LogP contribution is 2.27. The molecule has 0 N–H and O–H groups in total. The van der Waals surface area contributed by atoms with Crippen molar-refractivity contribution in [3.05, 3.63) is 29.8 Å². The molecule has 0 aromatic heterocycles. The van der Waals surface area contributed by atoms with Crippen molar-refractivity contribution in [1.82, 2.24) is 0 Å². The SMILES string of the molecule is CCC(CS)(CS)COS(=O)(=O)c1ccc(C)cc1. The van der Waals surface area contributed by atoms with E-state index in [1.807, 2.05) is 13.8 Å². The summed E-state index contributed by atoms with van der Waals surface area (Å²) < 4.78 is 29.3. The average molecular weight is 321 g/mol. The van der Waals surface area contributed by atoms with Gasteiger partial charge in [-0.15, -0.1) is 0 Å². The summed E-state index contributed by atoms with van der Waals surface area (Å²) in [7, 11) is -3.71. The van der Waals surface area contributed by atoms with Crippen molar-refractivity contribution < 1.29 is 12.6 Å². The summed E-state index contributed by atoms with van der Waals surface area (Å²) in [5.74, 6) is 1.08. The Balaban J connectivity index is 2.83. The Labute approximate surface area is 126 Å². The highest BCUT2D eigenvalue weighted by atomic mass is 32.2. The minimum atomic E-state index is -3.71. The number of rotatable bonds is 7. The number of hydrogen-bond donors (Lipinski definition) is 2. The third-order valence-corrected chi connectivity index (χ3v) is 5.87. The standard InChI is InChI=1S/C13H20O3S3/c1-3-13(9-17,10-18)8-16-19(14,15)12-6-4-11(2)5-7-12/h4-7,17-18H,3,8-10H2,1-2H3. The van der Waals surface area contributed by atoms with Crippen molar-refractivity contribution in [3.63, 3.8) is 0 Å². The normalized spacial score (nSPS) is 12.6. The van der Waals surface area contributed by atoms with Crippen LogP contribution in [0.25, 0.3) is 0 Å². The van der Waals surface area contributed by atoms with E-state index in [0.29, 0.717) is 11.5 Å². The van der Waals surface area contributed by atoms with Gasteiger partial charge in [0, 0.05) is 5.41 Å². The Morgan fingerprint density at radius 3 is 2.11 bits per heavy atom. The molecule has 0 spiro atoms. The van der Waals surface area contributed by atoms with Gasteiger partial charge in [-0.3, -0.25) is 4.18 Å². The summed E-state index contributed by atoms with van der Waals surface area (Å²) in [6.07, 6.45) is 0.767. The van der Waals surface area contributed by atoms with E-state index in [4.69, 9.17) is 4.18 Å². The third kappa shape index (κ3) is 4.41. The Hall–Kier alpha value is -0.170. The summed E-state index contributed by atoms with van der Waals surface area (Å²) in [4.78, 5) is 0.182. The van der Waals surface area contributed by atoms with Crippen molar-refractivity contribution in [2.75, 3.05) is 18.1 Å². The molecule has 0 aliphatic heterocycles. The highest BCUT2D eigenvalue weighted by Gasteiger charge is 2.28. The molecule has 0 heterocycles. The van der Waals surface area contributed by atoms with Gasteiger partial charge >= 0.3 is 0 Å². The van der Waals surface area contributed by atoms with Crippen LogP contribution in [-0.4, -0.2) is 26.5 Å². The molecular formula is C13H20O3S3. The molecule has 0 saturated carbocycles. The summed E-state index contributed by atoms with van der Waals surface area (Å²) >= 11 is 8.54. The van der Waals surface area contributed by atoms with Crippen LogP contribution in [0.5, 0.6) is 0 Å². The molecule has 0 atom stereocenters. The van der Waals surface area contributed by atoms with E-state index < -0.39 is 10.1 Å². The lowest BCUT2D eigenvalue weighted by atomic mass is 9.91. The van der Waals surface area contributed by atoms with Crippen LogP contribution in [0.15, 0.2) is 29.2 Å². The van der Waals surface area contributed by atoms with Gasteiger partial charge < -0.3 is 0 Å². The summed E-state index contributed by atoms with van der Waals surface area (Å²) in [5.41, 5.74) is 0.692. The van der Waals surface area contributed by atoms with E-state index in [1.54, 1.807) is 24.3 Å². The van der Waals surface area contributed by atoms with E-state index in [-0.39, 0.29) is 16.9 Å². The Morgan fingerprint density at radius 2 is 1.68 bits per heavy atom. The largest absolute Gasteiger partial charge is 0.296 e. The van der Waals surface area contributed by atoms with Gasteiger partial charge in [0.1, 0.15) is 0 Å². The van der Waals surface area contributed by atoms with Crippen molar-refractivity contribution in [3.8, 4) is 0 Å². The number of benzene rings is 1. The molecule has 1 rings (SSSR count). The first kappa shape index (κ1) is 16.9. The molecule has 0 bridgehead atoms. The minimum Gasteiger partial charge on any atom is -0.266 e. The molecule has 19 heavy (non-hydrogen) atoms. The molecule has 1 aromatic carbocycles. The lowest BCUT2D eigenvalue weighted by Crippen LogP contribution is -2.31. The van der Waals surface area contributed by atoms with Gasteiger partial charge in [0.15, 0.2) is 0 Å². The second kappa shape index (κ2) is 7.02. The van der Waals surface area contributed by atoms with E-state index >= 15 is 0 Å². The van der Waals surface area contributed by atoms with Crippen LogP contribution < -0.4 is 0 Å². The molecule has 3 nitrogen and oxygen atoms in total. The molecule has 108 valence electrons. The fourth-order valence-electron chi connectivity index (χ4n) is 1.44.